The second-order valence-corrected chi connectivity index (χ2v) is 5.39. The molecule has 23 heavy (non-hydrogen) atoms. The van der Waals surface area contributed by atoms with Gasteiger partial charge in [-0.25, -0.2) is 8.78 Å². The molecular weight excluding hydrogens is 298 g/mol. The van der Waals surface area contributed by atoms with Gasteiger partial charge in [0.1, 0.15) is 11.6 Å². The van der Waals surface area contributed by atoms with Crippen molar-refractivity contribution in [3.63, 3.8) is 0 Å². The van der Waals surface area contributed by atoms with Crippen LogP contribution in [0.5, 0.6) is 0 Å². The van der Waals surface area contributed by atoms with Crippen LogP contribution in [0, 0.1) is 11.6 Å². The number of aromatic nitrogens is 1. The highest BCUT2D eigenvalue weighted by Crippen LogP contribution is 2.12. The maximum atomic E-state index is 13.6. The smallest absolute Gasteiger partial charge is 0.193 e. The van der Waals surface area contributed by atoms with Crippen LogP contribution in [0.3, 0.4) is 0 Å². The zero-order valence-corrected chi connectivity index (χ0v) is 13.7. The lowest BCUT2D eigenvalue weighted by atomic mass is 10.1. The van der Waals surface area contributed by atoms with Crippen molar-refractivity contribution in [2.45, 2.75) is 13.0 Å². The Hall–Kier alpha value is -2.37. The summed E-state index contributed by atoms with van der Waals surface area (Å²) in [7, 11) is 5.60. The average Bonchev–Trinajstić information content (AvgIpc) is 2.91. The van der Waals surface area contributed by atoms with E-state index in [1.807, 2.05) is 41.9 Å². The zero-order valence-electron chi connectivity index (χ0n) is 13.7. The second kappa shape index (κ2) is 7.76. The van der Waals surface area contributed by atoms with Crippen molar-refractivity contribution in [1.29, 1.82) is 0 Å². The Morgan fingerprint density at radius 2 is 1.91 bits per heavy atom. The van der Waals surface area contributed by atoms with Gasteiger partial charge < -0.3 is 14.8 Å². The van der Waals surface area contributed by atoms with Gasteiger partial charge in [-0.3, -0.25) is 4.99 Å². The van der Waals surface area contributed by atoms with Crippen LogP contribution in [0.25, 0.3) is 0 Å². The van der Waals surface area contributed by atoms with Gasteiger partial charge in [-0.2, -0.15) is 0 Å². The minimum Gasteiger partial charge on any atom is -0.356 e. The monoisotopic (exact) mass is 320 g/mol. The quantitative estimate of drug-likeness (QED) is 0.678. The summed E-state index contributed by atoms with van der Waals surface area (Å²) in [5, 5.41) is 3.14. The van der Waals surface area contributed by atoms with Crippen molar-refractivity contribution >= 4 is 5.96 Å². The highest BCUT2D eigenvalue weighted by Gasteiger charge is 2.11. The van der Waals surface area contributed by atoms with Crippen LogP contribution in [0.2, 0.25) is 0 Å². The molecule has 0 bridgehead atoms. The number of aryl methyl sites for hydroxylation is 1. The lowest BCUT2D eigenvalue weighted by Gasteiger charge is -2.22. The summed E-state index contributed by atoms with van der Waals surface area (Å²) in [4.78, 5) is 6.17. The molecule has 4 nitrogen and oxygen atoms in total. The molecule has 0 unspecified atom stereocenters. The molecule has 0 aliphatic heterocycles. The van der Waals surface area contributed by atoms with Gasteiger partial charge in [0.25, 0.3) is 0 Å². The van der Waals surface area contributed by atoms with Crippen molar-refractivity contribution in [2.24, 2.45) is 12.0 Å². The van der Waals surface area contributed by atoms with Gasteiger partial charge in [-0.1, -0.05) is 6.07 Å². The van der Waals surface area contributed by atoms with Gasteiger partial charge in [0, 0.05) is 45.1 Å². The van der Waals surface area contributed by atoms with E-state index in [0.717, 1.165) is 5.69 Å². The molecule has 0 radical (unpaired) electrons. The van der Waals surface area contributed by atoms with Gasteiger partial charge >= 0.3 is 0 Å². The van der Waals surface area contributed by atoms with E-state index >= 15 is 0 Å². The first-order valence-electron chi connectivity index (χ1n) is 7.47. The van der Waals surface area contributed by atoms with Crippen LogP contribution in [-0.2, 0) is 20.0 Å². The molecule has 0 amide bonds. The first-order valence-corrected chi connectivity index (χ1v) is 7.47. The second-order valence-electron chi connectivity index (χ2n) is 5.39. The highest BCUT2D eigenvalue weighted by molar-refractivity contribution is 5.79. The number of nitrogens with zero attached hydrogens (tertiary/aromatic N) is 3. The number of guanidine groups is 1. The molecule has 124 valence electrons. The Bertz CT molecular complexity index is 659. The molecule has 0 aliphatic rings. The normalized spacial score (nSPS) is 11.6. The molecule has 0 fully saturated rings. The summed E-state index contributed by atoms with van der Waals surface area (Å²) in [6, 6.07) is 7.94. The topological polar surface area (TPSA) is 32.6 Å². The molecule has 1 aromatic heterocycles. The molecule has 6 heteroatoms. The number of hydrogen-bond donors (Lipinski definition) is 1. The Morgan fingerprint density at radius 3 is 2.48 bits per heavy atom. The van der Waals surface area contributed by atoms with Crippen LogP contribution in [-0.4, -0.2) is 36.1 Å². The Kier molecular flexibility index (Phi) is 5.73. The fraction of sp³-hybridized carbons (Fsp3) is 0.353. The lowest BCUT2D eigenvalue weighted by Crippen LogP contribution is -2.39. The first kappa shape index (κ1) is 17.0. The van der Waals surface area contributed by atoms with E-state index in [0.29, 0.717) is 19.0 Å². The third kappa shape index (κ3) is 4.31. The third-order valence-corrected chi connectivity index (χ3v) is 3.74. The first-order chi connectivity index (χ1) is 11.0. The maximum Gasteiger partial charge on any atom is 0.193 e. The Labute approximate surface area is 135 Å². The van der Waals surface area contributed by atoms with E-state index in [1.165, 1.54) is 18.2 Å². The zero-order chi connectivity index (χ0) is 16.8. The minimum atomic E-state index is -0.515. The van der Waals surface area contributed by atoms with E-state index in [1.54, 1.807) is 7.05 Å². The number of aliphatic imine (C=N–C) groups is 1. The number of rotatable bonds is 5. The molecule has 1 heterocycles. The molecular formula is C17H22F2N4. The van der Waals surface area contributed by atoms with E-state index in [4.69, 9.17) is 0 Å². The SMILES string of the molecule is CN=C(NCCc1c(F)cccc1F)N(C)Cc1cccn1C. The van der Waals surface area contributed by atoms with Crippen LogP contribution in [0.1, 0.15) is 11.3 Å². The number of hydrogen-bond acceptors (Lipinski definition) is 1. The van der Waals surface area contributed by atoms with Crippen LogP contribution in [0.4, 0.5) is 8.78 Å². The van der Waals surface area contributed by atoms with Gasteiger partial charge in [0.05, 0.1) is 6.54 Å². The van der Waals surface area contributed by atoms with Crippen LogP contribution >= 0.6 is 0 Å². The summed E-state index contributed by atoms with van der Waals surface area (Å²) < 4.78 is 29.2. The molecule has 0 saturated carbocycles. The molecule has 0 spiro atoms. The summed E-state index contributed by atoms with van der Waals surface area (Å²) in [6.07, 6.45) is 2.25. The van der Waals surface area contributed by atoms with E-state index in [-0.39, 0.29) is 12.0 Å². The van der Waals surface area contributed by atoms with E-state index < -0.39 is 11.6 Å². The van der Waals surface area contributed by atoms with E-state index in [2.05, 4.69) is 10.3 Å². The maximum absolute atomic E-state index is 13.6. The Morgan fingerprint density at radius 1 is 1.22 bits per heavy atom. The summed E-state index contributed by atoms with van der Waals surface area (Å²) in [6.45, 7) is 1.10. The molecule has 1 N–H and O–H groups in total. The summed E-state index contributed by atoms with van der Waals surface area (Å²) >= 11 is 0. The van der Waals surface area contributed by atoms with Gasteiger partial charge in [-0.15, -0.1) is 0 Å². The van der Waals surface area contributed by atoms with Gasteiger partial charge in [-0.05, 0) is 30.7 Å². The van der Waals surface area contributed by atoms with Crippen molar-refractivity contribution in [2.75, 3.05) is 20.6 Å². The van der Waals surface area contributed by atoms with Crippen LogP contribution < -0.4 is 5.32 Å². The van der Waals surface area contributed by atoms with Gasteiger partial charge in [0.15, 0.2) is 5.96 Å². The molecule has 0 saturated heterocycles. The van der Waals surface area contributed by atoms with E-state index in [9.17, 15) is 8.78 Å². The van der Waals surface area contributed by atoms with Crippen molar-refractivity contribution < 1.29 is 8.78 Å². The fourth-order valence-corrected chi connectivity index (χ4v) is 2.43. The number of benzene rings is 1. The molecule has 2 rings (SSSR count). The molecule has 0 aliphatic carbocycles. The number of nitrogens with one attached hydrogen (secondary N) is 1. The fourth-order valence-electron chi connectivity index (χ4n) is 2.43. The average molecular weight is 320 g/mol. The van der Waals surface area contributed by atoms with Crippen molar-refractivity contribution in [3.8, 4) is 0 Å². The highest BCUT2D eigenvalue weighted by atomic mass is 19.1. The largest absolute Gasteiger partial charge is 0.356 e. The number of halogens is 2. The third-order valence-electron chi connectivity index (χ3n) is 3.74. The lowest BCUT2D eigenvalue weighted by molar-refractivity contribution is 0.461. The molecule has 1 aromatic carbocycles. The van der Waals surface area contributed by atoms with Crippen molar-refractivity contribution in [3.05, 3.63) is 59.4 Å². The predicted molar refractivity (Wildman–Crippen MR) is 88.3 cm³/mol. The van der Waals surface area contributed by atoms with Gasteiger partial charge in [0.2, 0.25) is 0 Å². The molecule has 2 aromatic rings. The van der Waals surface area contributed by atoms with Crippen LogP contribution in [0.15, 0.2) is 41.5 Å². The predicted octanol–water partition coefficient (Wildman–Crippen LogP) is 2.55. The minimum absolute atomic E-state index is 0.0977. The van der Waals surface area contributed by atoms with Crippen molar-refractivity contribution in [1.82, 2.24) is 14.8 Å². The molecule has 0 atom stereocenters. The summed E-state index contributed by atoms with van der Waals surface area (Å²) in [5.74, 6) is -0.346. The standard InChI is InChI=1S/C17H22F2N4/c1-20-17(23(3)12-13-6-5-11-22(13)2)21-10-9-14-15(18)7-4-8-16(14)19/h4-8,11H,9-10,12H2,1-3H3,(H,20,21). The Balaban J connectivity index is 1.91. The summed E-state index contributed by atoms with van der Waals surface area (Å²) in [5.41, 5.74) is 1.25.